The van der Waals surface area contributed by atoms with Crippen molar-refractivity contribution < 1.29 is 27.4 Å². The molecule has 0 saturated carbocycles. The number of carbonyl (C=O) groups is 1. The van der Waals surface area contributed by atoms with Crippen LogP contribution in [0.15, 0.2) is 48.7 Å². The van der Waals surface area contributed by atoms with Crippen molar-refractivity contribution in [1.29, 1.82) is 0 Å². The van der Waals surface area contributed by atoms with Crippen molar-refractivity contribution in [1.82, 2.24) is 9.78 Å². The van der Waals surface area contributed by atoms with Crippen LogP contribution >= 0.6 is 23.2 Å². The average molecular weight is 446 g/mol. The molecular weight excluding hydrogens is 434 g/mol. The predicted molar refractivity (Wildman–Crippen MR) is 101 cm³/mol. The fraction of sp³-hybridized carbons (Fsp3) is 0.111. The van der Waals surface area contributed by atoms with Crippen molar-refractivity contribution in [2.24, 2.45) is 0 Å². The first-order valence-electron chi connectivity index (χ1n) is 7.92. The lowest BCUT2D eigenvalue weighted by Crippen LogP contribution is -2.20. The second-order valence-electron chi connectivity index (χ2n) is 5.60. The molecule has 1 aromatic heterocycles. The topological polar surface area (TPSA) is 65.4 Å². The molecule has 3 rings (SSSR count). The molecule has 152 valence electrons. The summed E-state index contributed by atoms with van der Waals surface area (Å²) >= 11 is 11.7. The number of carbonyl (C=O) groups excluding carboxylic acids is 1. The van der Waals surface area contributed by atoms with Crippen LogP contribution < -0.4 is 14.8 Å². The molecule has 2 aromatic carbocycles. The summed E-state index contributed by atoms with van der Waals surface area (Å²) < 4.78 is 51.3. The smallest absolute Gasteiger partial charge is 0.437 e. The summed E-state index contributed by atoms with van der Waals surface area (Å²) in [4.78, 5) is 12.1. The lowest BCUT2D eigenvalue weighted by atomic mass is 10.3. The van der Waals surface area contributed by atoms with Crippen LogP contribution in [-0.4, -0.2) is 23.0 Å². The summed E-state index contributed by atoms with van der Waals surface area (Å²) in [7, 11) is 1.41. The van der Waals surface area contributed by atoms with E-state index < -0.39 is 23.7 Å². The van der Waals surface area contributed by atoms with Gasteiger partial charge in [0, 0.05) is 11.1 Å². The second-order valence-corrected chi connectivity index (χ2v) is 6.45. The van der Waals surface area contributed by atoms with Crippen LogP contribution in [0.5, 0.6) is 11.5 Å². The number of amides is 1. The van der Waals surface area contributed by atoms with Gasteiger partial charge < -0.3 is 9.47 Å². The van der Waals surface area contributed by atoms with E-state index in [1.54, 1.807) is 6.07 Å². The van der Waals surface area contributed by atoms with Crippen LogP contribution in [0, 0.1) is 0 Å². The average Bonchev–Trinajstić information content (AvgIpc) is 3.08. The fourth-order valence-corrected chi connectivity index (χ4v) is 2.70. The highest BCUT2D eigenvalue weighted by Gasteiger charge is 2.40. The Balaban J connectivity index is 1.89. The van der Waals surface area contributed by atoms with Gasteiger partial charge in [-0.1, -0.05) is 23.2 Å². The van der Waals surface area contributed by atoms with Gasteiger partial charge in [0.05, 0.1) is 29.7 Å². The summed E-state index contributed by atoms with van der Waals surface area (Å²) in [6, 6.07) is 9.93. The Kier molecular flexibility index (Phi) is 5.90. The first kappa shape index (κ1) is 20.8. The molecule has 0 spiro atoms. The van der Waals surface area contributed by atoms with Crippen molar-refractivity contribution >= 4 is 35.0 Å². The zero-order valence-corrected chi connectivity index (χ0v) is 16.1. The van der Waals surface area contributed by atoms with E-state index in [1.807, 2.05) is 0 Å². The van der Waals surface area contributed by atoms with Gasteiger partial charge in [-0.2, -0.15) is 18.3 Å². The Morgan fingerprint density at radius 3 is 2.45 bits per heavy atom. The van der Waals surface area contributed by atoms with E-state index in [-0.39, 0.29) is 16.4 Å². The maximum atomic E-state index is 13.6. The molecule has 0 aliphatic heterocycles. The number of hydrogen-bond donors (Lipinski definition) is 1. The van der Waals surface area contributed by atoms with Crippen molar-refractivity contribution in [3.8, 4) is 17.2 Å². The van der Waals surface area contributed by atoms with Gasteiger partial charge in [0.1, 0.15) is 5.75 Å². The number of halogens is 5. The number of rotatable bonds is 4. The Hall–Kier alpha value is -2.91. The molecule has 0 fully saturated rings. The van der Waals surface area contributed by atoms with E-state index in [0.29, 0.717) is 15.5 Å². The number of methoxy groups -OCH3 is 1. The van der Waals surface area contributed by atoms with E-state index in [1.165, 1.54) is 43.5 Å². The van der Waals surface area contributed by atoms with E-state index in [0.717, 1.165) is 6.20 Å². The minimum atomic E-state index is -4.85. The molecule has 3 aromatic rings. The molecule has 0 radical (unpaired) electrons. The predicted octanol–water partition coefficient (Wildman–Crippen LogP) is 5.82. The molecule has 0 aliphatic rings. The fourth-order valence-electron chi connectivity index (χ4n) is 2.41. The third kappa shape index (κ3) is 4.75. The van der Waals surface area contributed by atoms with Crippen LogP contribution in [0.4, 0.5) is 23.7 Å². The third-order valence-corrected chi connectivity index (χ3v) is 4.27. The minimum absolute atomic E-state index is 0.0906. The standard InChI is InChI=1S/C18H12Cl2F3N3O3/c1-28-12-6-7-13(20)14(8-12)25-17(27)29-15-9-24-26(16(15)18(21,22)23)11-4-2-10(19)3-5-11/h2-9H,1H3,(H,25,27). The van der Waals surface area contributed by atoms with Crippen LogP contribution in [0.1, 0.15) is 5.69 Å². The molecule has 1 amide bonds. The Bertz CT molecular complexity index is 1040. The summed E-state index contributed by atoms with van der Waals surface area (Å²) in [6.45, 7) is 0. The van der Waals surface area contributed by atoms with Gasteiger partial charge in [-0.25, -0.2) is 9.48 Å². The SMILES string of the molecule is COc1ccc(Cl)c(NC(=O)Oc2cnn(-c3ccc(Cl)cc3)c2C(F)(F)F)c1. The van der Waals surface area contributed by atoms with Crippen LogP contribution in [-0.2, 0) is 6.18 Å². The van der Waals surface area contributed by atoms with Gasteiger partial charge in [-0.15, -0.1) is 0 Å². The van der Waals surface area contributed by atoms with Crippen molar-refractivity contribution in [3.05, 3.63) is 64.4 Å². The highest BCUT2D eigenvalue weighted by molar-refractivity contribution is 6.33. The van der Waals surface area contributed by atoms with Crippen molar-refractivity contribution in [2.45, 2.75) is 6.18 Å². The number of nitrogens with one attached hydrogen (secondary N) is 1. The number of benzene rings is 2. The number of alkyl halides is 3. The second kappa shape index (κ2) is 8.22. The third-order valence-electron chi connectivity index (χ3n) is 3.69. The molecular formula is C18H12Cl2F3N3O3. The van der Waals surface area contributed by atoms with Crippen molar-refractivity contribution in [3.63, 3.8) is 0 Å². The van der Waals surface area contributed by atoms with Crippen molar-refractivity contribution in [2.75, 3.05) is 12.4 Å². The first-order chi connectivity index (χ1) is 13.7. The summed E-state index contributed by atoms with van der Waals surface area (Å²) in [6.07, 6.45) is -5.23. The molecule has 0 atom stereocenters. The van der Waals surface area contributed by atoms with Crippen LogP contribution in [0.2, 0.25) is 10.0 Å². The molecule has 6 nitrogen and oxygen atoms in total. The minimum Gasteiger partial charge on any atom is -0.497 e. The normalized spacial score (nSPS) is 11.2. The monoisotopic (exact) mass is 445 g/mol. The number of hydrogen-bond acceptors (Lipinski definition) is 4. The Morgan fingerprint density at radius 2 is 1.83 bits per heavy atom. The quantitative estimate of drug-likeness (QED) is 0.549. The van der Waals surface area contributed by atoms with E-state index in [4.69, 9.17) is 32.7 Å². The zero-order valence-electron chi connectivity index (χ0n) is 14.6. The molecule has 1 N–H and O–H groups in total. The van der Waals surface area contributed by atoms with Crippen LogP contribution in [0.3, 0.4) is 0 Å². The van der Waals surface area contributed by atoms with Gasteiger partial charge in [0.25, 0.3) is 0 Å². The van der Waals surface area contributed by atoms with E-state index in [2.05, 4.69) is 10.4 Å². The number of ether oxygens (including phenoxy) is 2. The maximum absolute atomic E-state index is 13.6. The molecule has 0 saturated heterocycles. The lowest BCUT2D eigenvalue weighted by molar-refractivity contribution is -0.143. The Labute approximate surface area is 172 Å². The van der Waals surface area contributed by atoms with E-state index in [9.17, 15) is 18.0 Å². The molecule has 11 heteroatoms. The van der Waals surface area contributed by atoms with Gasteiger partial charge >= 0.3 is 12.3 Å². The molecule has 0 unspecified atom stereocenters. The maximum Gasteiger partial charge on any atom is 0.437 e. The molecule has 29 heavy (non-hydrogen) atoms. The van der Waals surface area contributed by atoms with E-state index >= 15 is 0 Å². The van der Waals surface area contributed by atoms with Gasteiger partial charge in [-0.3, -0.25) is 5.32 Å². The summed E-state index contributed by atoms with van der Waals surface area (Å²) in [5.41, 5.74) is -1.06. The highest BCUT2D eigenvalue weighted by Crippen LogP contribution is 2.38. The summed E-state index contributed by atoms with van der Waals surface area (Å²) in [5.74, 6) is -0.389. The highest BCUT2D eigenvalue weighted by atomic mass is 35.5. The summed E-state index contributed by atoms with van der Waals surface area (Å²) in [5, 5.41) is 6.46. The largest absolute Gasteiger partial charge is 0.497 e. The van der Waals surface area contributed by atoms with Gasteiger partial charge in [-0.05, 0) is 36.4 Å². The number of aromatic nitrogens is 2. The first-order valence-corrected chi connectivity index (χ1v) is 8.68. The Morgan fingerprint density at radius 1 is 1.14 bits per heavy atom. The van der Waals surface area contributed by atoms with Gasteiger partial charge in [0.2, 0.25) is 0 Å². The molecule has 1 heterocycles. The van der Waals surface area contributed by atoms with Crippen LogP contribution in [0.25, 0.3) is 5.69 Å². The molecule has 0 aliphatic carbocycles. The zero-order chi connectivity index (χ0) is 21.2. The lowest BCUT2D eigenvalue weighted by Gasteiger charge is -2.13. The molecule has 0 bridgehead atoms. The number of nitrogens with zero attached hydrogens (tertiary/aromatic N) is 2. The van der Waals surface area contributed by atoms with Gasteiger partial charge in [0.15, 0.2) is 11.4 Å². The number of anilines is 1.